The highest BCUT2D eigenvalue weighted by molar-refractivity contribution is 9.10. The Labute approximate surface area is 146 Å². The van der Waals surface area contributed by atoms with Crippen LogP contribution in [0.2, 0.25) is 0 Å². The smallest absolute Gasteiger partial charge is 0.266 e. The summed E-state index contributed by atoms with van der Waals surface area (Å²) < 4.78 is 7.41. The highest BCUT2D eigenvalue weighted by atomic mass is 79.9. The van der Waals surface area contributed by atoms with Crippen molar-refractivity contribution in [2.24, 2.45) is 0 Å². The summed E-state index contributed by atoms with van der Waals surface area (Å²) in [4.78, 5) is 12.1. The van der Waals surface area contributed by atoms with E-state index in [1.807, 2.05) is 12.1 Å². The van der Waals surface area contributed by atoms with Crippen LogP contribution in [0.1, 0.15) is 20.3 Å². The highest BCUT2D eigenvalue weighted by Crippen LogP contribution is 2.26. The lowest BCUT2D eigenvalue weighted by molar-refractivity contribution is -0.122. The van der Waals surface area contributed by atoms with E-state index in [0.29, 0.717) is 10.9 Å². The van der Waals surface area contributed by atoms with E-state index < -0.39 is 6.10 Å². The molecule has 8 heteroatoms. The van der Waals surface area contributed by atoms with Gasteiger partial charge in [-0.3, -0.25) is 10.1 Å². The molecule has 1 atom stereocenters. The zero-order valence-corrected chi connectivity index (χ0v) is 15.4. The number of aromatic nitrogens is 2. The van der Waals surface area contributed by atoms with Gasteiger partial charge in [0.15, 0.2) is 10.4 Å². The Bertz CT molecular complexity index is 619. The van der Waals surface area contributed by atoms with Crippen LogP contribution in [0.3, 0.4) is 0 Å². The number of benzene rings is 1. The molecule has 1 heterocycles. The number of thioether (sulfide) groups is 1. The minimum absolute atomic E-state index is 0.244. The van der Waals surface area contributed by atoms with Gasteiger partial charge in [-0.05, 0) is 37.6 Å². The maximum atomic E-state index is 12.1. The molecule has 2 rings (SSSR count). The summed E-state index contributed by atoms with van der Waals surface area (Å²) in [7, 11) is 0. The topological polar surface area (TPSA) is 64.1 Å². The van der Waals surface area contributed by atoms with E-state index in [0.717, 1.165) is 21.0 Å². The number of halogens is 1. The molecule has 1 amide bonds. The molecule has 0 aliphatic heterocycles. The summed E-state index contributed by atoms with van der Waals surface area (Å²) in [6, 6.07) is 7.33. The van der Waals surface area contributed by atoms with Crippen molar-refractivity contribution in [3.05, 3.63) is 28.7 Å². The standard InChI is InChI=1S/C14H16BrN3O2S2/c1-3-8-21-14-18-17-13(22-14)16-12(19)9(2)20-11-6-4-10(15)5-7-11/h4-7,9H,3,8H2,1-2H3,(H,16,17,19)/t9-/m1/s1. The average molecular weight is 402 g/mol. The molecule has 0 radical (unpaired) electrons. The fraction of sp³-hybridized carbons (Fsp3) is 0.357. The molecule has 1 N–H and O–H groups in total. The number of nitrogens with zero attached hydrogens (tertiary/aromatic N) is 2. The first-order chi connectivity index (χ1) is 10.6. The van der Waals surface area contributed by atoms with E-state index in [9.17, 15) is 4.79 Å². The zero-order valence-electron chi connectivity index (χ0n) is 12.2. The van der Waals surface area contributed by atoms with Crippen LogP contribution in [0.4, 0.5) is 5.13 Å². The van der Waals surface area contributed by atoms with Crippen LogP contribution in [-0.4, -0.2) is 28.0 Å². The molecule has 118 valence electrons. The summed E-state index contributed by atoms with van der Waals surface area (Å²) in [6.07, 6.45) is 0.459. The van der Waals surface area contributed by atoms with Gasteiger partial charge in [0, 0.05) is 10.2 Å². The maximum Gasteiger partial charge on any atom is 0.266 e. The largest absolute Gasteiger partial charge is 0.481 e. The number of ether oxygens (including phenoxy) is 1. The summed E-state index contributed by atoms with van der Waals surface area (Å²) >= 11 is 6.37. The van der Waals surface area contributed by atoms with Crippen LogP contribution >= 0.6 is 39.0 Å². The van der Waals surface area contributed by atoms with E-state index in [-0.39, 0.29) is 5.91 Å². The third-order valence-corrected chi connectivity index (χ3v) is 5.27. The van der Waals surface area contributed by atoms with Crippen LogP contribution < -0.4 is 10.1 Å². The third-order valence-electron chi connectivity index (χ3n) is 2.56. The van der Waals surface area contributed by atoms with Crippen molar-refractivity contribution in [3.8, 4) is 5.75 Å². The molecule has 0 saturated heterocycles. The summed E-state index contributed by atoms with van der Waals surface area (Å²) in [5.41, 5.74) is 0. The molecule has 0 bridgehead atoms. The number of amides is 1. The number of hydrogen-bond acceptors (Lipinski definition) is 6. The molecule has 22 heavy (non-hydrogen) atoms. The van der Waals surface area contributed by atoms with Gasteiger partial charge in [-0.25, -0.2) is 0 Å². The third kappa shape index (κ3) is 5.26. The molecule has 0 fully saturated rings. The van der Waals surface area contributed by atoms with E-state index in [1.165, 1.54) is 11.3 Å². The quantitative estimate of drug-likeness (QED) is 0.555. The molecule has 0 saturated carbocycles. The first-order valence-electron chi connectivity index (χ1n) is 6.78. The van der Waals surface area contributed by atoms with Gasteiger partial charge in [0.25, 0.3) is 5.91 Å². The molecule has 0 unspecified atom stereocenters. The van der Waals surface area contributed by atoms with Crippen LogP contribution in [0.5, 0.6) is 5.75 Å². The van der Waals surface area contributed by atoms with Crippen LogP contribution in [-0.2, 0) is 4.79 Å². The van der Waals surface area contributed by atoms with Gasteiger partial charge in [0.1, 0.15) is 5.75 Å². The molecular formula is C14H16BrN3O2S2. The van der Waals surface area contributed by atoms with E-state index >= 15 is 0 Å². The van der Waals surface area contributed by atoms with E-state index in [2.05, 4.69) is 38.4 Å². The predicted molar refractivity (Wildman–Crippen MR) is 93.8 cm³/mol. The number of carbonyl (C=O) groups is 1. The van der Waals surface area contributed by atoms with Gasteiger partial charge in [-0.2, -0.15) is 0 Å². The second-order valence-electron chi connectivity index (χ2n) is 4.42. The normalized spacial score (nSPS) is 12.0. The number of rotatable bonds is 7. The molecule has 5 nitrogen and oxygen atoms in total. The minimum Gasteiger partial charge on any atom is -0.481 e. The van der Waals surface area contributed by atoms with Crippen LogP contribution in [0.15, 0.2) is 33.1 Å². The van der Waals surface area contributed by atoms with Crippen molar-refractivity contribution in [2.45, 2.75) is 30.7 Å². The van der Waals surface area contributed by atoms with Crippen molar-refractivity contribution < 1.29 is 9.53 Å². The highest BCUT2D eigenvalue weighted by Gasteiger charge is 2.17. The molecule has 0 spiro atoms. The van der Waals surface area contributed by atoms with Gasteiger partial charge >= 0.3 is 0 Å². The van der Waals surface area contributed by atoms with Gasteiger partial charge in [-0.1, -0.05) is 46.0 Å². The van der Waals surface area contributed by atoms with Crippen molar-refractivity contribution in [3.63, 3.8) is 0 Å². The van der Waals surface area contributed by atoms with Gasteiger partial charge < -0.3 is 4.74 Å². The Morgan fingerprint density at radius 1 is 1.41 bits per heavy atom. The summed E-state index contributed by atoms with van der Waals surface area (Å²) in [5.74, 6) is 1.39. The van der Waals surface area contributed by atoms with Crippen LogP contribution in [0, 0.1) is 0 Å². The van der Waals surface area contributed by atoms with Crippen molar-refractivity contribution in [2.75, 3.05) is 11.1 Å². The Hall–Kier alpha value is -1.12. The fourth-order valence-electron chi connectivity index (χ4n) is 1.49. The molecule has 0 aliphatic rings. The Kier molecular flexibility index (Phi) is 6.66. The number of anilines is 1. The van der Waals surface area contributed by atoms with Crippen molar-refractivity contribution in [1.29, 1.82) is 0 Å². The summed E-state index contributed by atoms with van der Waals surface area (Å²) in [6.45, 7) is 3.81. The Morgan fingerprint density at radius 2 is 2.14 bits per heavy atom. The van der Waals surface area contributed by atoms with E-state index in [4.69, 9.17) is 4.74 Å². The van der Waals surface area contributed by atoms with Gasteiger partial charge in [0.05, 0.1) is 0 Å². The monoisotopic (exact) mass is 401 g/mol. The minimum atomic E-state index is -0.614. The lowest BCUT2D eigenvalue weighted by Crippen LogP contribution is -2.30. The Morgan fingerprint density at radius 3 is 2.82 bits per heavy atom. The van der Waals surface area contributed by atoms with Crippen molar-refractivity contribution >= 4 is 50.1 Å². The molecule has 1 aromatic heterocycles. The van der Waals surface area contributed by atoms with Gasteiger partial charge in [-0.15, -0.1) is 10.2 Å². The fourth-order valence-corrected chi connectivity index (χ4v) is 3.43. The number of nitrogens with one attached hydrogen (secondary N) is 1. The molecule has 0 aliphatic carbocycles. The average Bonchev–Trinajstić information content (AvgIpc) is 2.95. The zero-order chi connectivity index (χ0) is 15.9. The van der Waals surface area contributed by atoms with Crippen molar-refractivity contribution in [1.82, 2.24) is 10.2 Å². The number of hydrogen-bond donors (Lipinski definition) is 1. The predicted octanol–water partition coefficient (Wildman–Crippen LogP) is 4.21. The van der Waals surface area contributed by atoms with E-state index in [1.54, 1.807) is 30.8 Å². The second kappa shape index (κ2) is 8.50. The maximum absolute atomic E-state index is 12.1. The molecule has 2 aromatic rings. The molecule has 1 aromatic carbocycles. The lowest BCUT2D eigenvalue weighted by atomic mass is 10.3. The lowest BCUT2D eigenvalue weighted by Gasteiger charge is -2.13. The second-order valence-corrected chi connectivity index (χ2v) is 7.66. The SMILES string of the molecule is CCCSc1nnc(NC(=O)[C@@H](C)Oc2ccc(Br)cc2)s1. The van der Waals surface area contributed by atoms with Crippen LogP contribution in [0.25, 0.3) is 0 Å². The first-order valence-corrected chi connectivity index (χ1v) is 9.37. The Balaban J connectivity index is 1.88. The summed E-state index contributed by atoms with van der Waals surface area (Å²) in [5, 5.41) is 11.2. The van der Waals surface area contributed by atoms with Gasteiger partial charge in [0.2, 0.25) is 5.13 Å². The molecular weight excluding hydrogens is 386 g/mol. The number of carbonyl (C=O) groups excluding carboxylic acids is 1. The first kappa shape index (κ1) is 17.2.